The van der Waals surface area contributed by atoms with Gasteiger partial charge < -0.3 is 9.72 Å². The minimum atomic E-state index is -0.461. The number of benzene rings is 2. The molecular weight excluding hydrogens is 413 g/mol. The molecule has 0 spiro atoms. The highest BCUT2D eigenvalue weighted by molar-refractivity contribution is 9.10. The lowest BCUT2D eigenvalue weighted by atomic mass is 10.2. The molecule has 1 amide bonds. The van der Waals surface area contributed by atoms with Crippen molar-refractivity contribution in [2.24, 2.45) is 0 Å². The standard InChI is InChI=1S/C20H15BrFN3O2/c21-14-4-1-3-13(9-14)11-23-19(26)12-25-18-10-15(22)6-7-16(18)24-8-2-5-17(24)20(25)27/h1-10H,11-12H2,(H,23,26). The number of rotatable bonds is 4. The summed E-state index contributed by atoms with van der Waals surface area (Å²) in [6.07, 6.45) is 1.74. The largest absolute Gasteiger partial charge is 0.350 e. The average Bonchev–Trinajstić information content (AvgIpc) is 3.13. The van der Waals surface area contributed by atoms with Crippen LogP contribution < -0.4 is 10.9 Å². The first-order chi connectivity index (χ1) is 13.0. The lowest BCUT2D eigenvalue weighted by Gasteiger charge is -2.13. The van der Waals surface area contributed by atoms with Crippen molar-refractivity contribution in [1.29, 1.82) is 0 Å². The average molecular weight is 428 g/mol. The van der Waals surface area contributed by atoms with Crippen LogP contribution in [-0.4, -0.2) is 14.9 Å². The number of aromatic nitrogens is 2. The fourth-order valence-electron chi connectivity index (χ4n) is 3.13. The number of nitrogens with one attached hydrogen (secondary N) is 1. The second-order valence-corrected chi connectivity index (χ2v) is 7.11. The molecular formula is C20H15BrFN3O2. The van der Waals surface area contributed by atoms with Crippen molar-refractivity contribution in [1.82, 2.24) is 14.3 Å². The molecule has 1 N–H and O–H groups in total. The van der Waals surface area contributed by atoms with E-state index in [-0.39, 0.29) is 18.0 Å². The van der Waals surface area contributed by atoms with Gasteiger partial charge in [-0.25, -0.2) is 4.39 Å². The molecule has 136 valence electrons. The van der Waals surface area contributed by atoms with Gasteiger partial charge in [0.15, 0.2) is 0 Å². The van der Waals surface area contributed by atoms with Crippen LogP contribution in [0.3, 0.4) is 0 Å². The molecule has 0 saturated carbocycles. The number of hydrogen-bond acceptors (Lipinski definition) is 2. The zero-order chi connectivity index (χ0) is 19.0. The highest BCUT2D eigenvalue weighted by atomic mass is 79.9. The molecule has 0 radical (unpaired) electrons. The molecule has 0 atom stereocenters. The Labute approximate surface area is 162 Å². The number of hydrogen-bond donors (Lipinski definition) is 1. The highest BCUT2D eigenvalue weighted by Crippen LogP contribution is 2.17. The molecule has 2 aromatic carbocycles. The molecule has 4 aromatic rings. The topological polar surface area (TPSA) is 55.5 Å². The van der Waals surface area contributed by atoms with Gasteiger partial charge in [-0.05, 0) is 48.0 Å². The second kappa shape index (κ2) is 7.00. The summed E-state index contributed by atoms with van der Waals surface area (Å²) in [4.78, 5) is 25.2. The lowest BCUT2D eigenvalue weighted by molar-refractivity contribution is -0.121. The number of halogens is 2. The van der Waals surface area contributed by atoms with Gasteiger partial charge in [-0.3, -0.25) is 14.2 Å². The Morgan fingerprint density at radius 3 is 2.70 bits per heavy atom. The monoisotopic (exact) mass is 427 g/mol. The predicted octanol–water partition coefficient (Wildman–Crippen LogP) is 3.47. The van der Waals surface area contributed by atoms with E-state index in [4.69, 9.17) is 0 Å². The van der Waals surface area contributed by atoms with Gasteiger partial charge in [0.1, 0.15) is 17.9 Å². The number of nitrogens with zero attached hydrogens (tertiary/aromatic N) is 2. The Morgan fingerprint density at radius 1 is 1.04 bits per heavy atom. The highest BCUT2D eigenvalue weighted by Gasteiger charge is 2.14. The summed E-state index contributed by atoms with van der Waals surface area (Å²) in [5.74, 6) is -0.782. The van der Waals surface area contributed by atoms with Gasteiger partial charge in [-0.2, -0.15) is 0 Å². The molecule has 27 heavy (non-hydrogen) atoms. The van der Waals surface area contributed by atoms with Crippen LogP contribution in [-0.2, 0) is 17.9 Å². The molecule has 0 aliphatic carbocycles. The van der Waals surface area contributed by atoms with Crippen molar-refractivity contribution in [2.75, 3.05) is 0 Å². The number of carbonyl (C=O) groups excluding carboxylic acids is 1. The first-order valence-electron chi connectivity index (χ1n) is 8.33. The number of fused-ring (bicyclic) bond motifs is 3. The fraction of sp³-hybridized carbons (Fsp3) is 0.100. The Kier molecular flexibility index (Phi) is 4.53. The van der Waals surface area contributed by atoms with E-state index in [1.807, 2.05) is 24.3 Å². The molecule has 5 nitrogen and oxygen atoms in total. The van der Waals surface area contributed by atoms with Crippen molar-refractivity contribution in [3.05, 3.63) is 87.0 Å². The zero-order valence-corrected chi connectivity index (χ0v) is 15.7. The van der Waals surface area contributed by atoms with Gasteiger partial charge >= 0.3 is 0 Å². The van der Waals surface area contributed by atoms with Crippen molar-refractivity contribution in [2.45, 2.75) is 13.1 Å². The van der Waals surface area contributed by atoms with E-state index in [0.717, 1.165) is 10.0 Å². The van der Waals surface area contributed by atoms with E-state index in [9.17, 15) is 14.0 Å². The molecule has 0 aliphatic rings. The van der Waals surface area contributed by atoms with Crippen LogP contribution in [0.15, 0.2) is 70.1 Å². The summed E-state index contributed by atoms with van der Waals surface area (Å²) in [6.45, 7) is 0.154. The third-order valence-electron chi connectivity index (χ3n) is 4.38. The van der Waals surface area contributed by atoms with Crippen LogP contribution in [0.1, 0.15) is 5.56 Å². The maximum Gasteiger partial charge on any atom is 0.275 e. The maximum absolute atomic E-state index is 13.8. The minimum absolute atomic E-state index is 0.186. The zero-order valence-electron chi connectivity index (χ0n) is 14.2. The van der Waals surface area contributed by atoms with E-state index in [1.165, 1.54) is 16.7 Å². The summed E-state index contributed by atoms with van der Waals surface area (Å²) < 4.78 is 17.7. The third kappa shape index (κ3) is 3.38. The van der Waals surface area contributed by atoms with Gasteiger partial charge in [0.05, 0.1) is 11.0 Å². The van der Waals surface area contributed by atoms with Crippen LogP contribution in [0.2, 0.25) is 0 Å². The van der Waals surface area contributed by atoms with E-state index in [0.29, 0.717) is 23.1 Å². The predicted molar refractivity (Wildman–Crippen MR) is 105 cm³/mol. The molecule has 7 heteroatoms. The summed E-state index contributed by atoms with van der Waals surface area (Å²) >= 11 is 3.39. The smallest absolute Gasteiger partial charge is 0.275 e. The van der Waals surface area contributed by atoms with Gasteiger partial charge in [0.2, 0.25) is 5.91 Å². The van der Waals surface area contributed by atoms with E-state index in [2.05, 4.69) is 21.2 Å². The Morgan fingerprint density at radius 2 is 1.89 bits per heavy atom. The summed E-state index contributed by atoms with van der Waals surface area (Å²) in [7, 11) is 0. The van der Waals surface area contributed by atoms with Crippen LogP contribution in [0, 0.1) is 5.82 Å². The summed E-state index contributed by atoms with van der Waals surface area (Å²) in [6, 6.07) is 15.2. The lowest BCUT2D eigenvalue weighted by Crippen LogP contribution is -2.33. The van der Waals surface area contributed by atoms with E-state index < -0.39 is 5.82 Å². The molecule has 0 fully saturated rings. The van der Waals surface area contributed by atoms with Gasteiger partial charge in [-0.1, -0.05) is 28.1 Å². The Hall–Kier alpha value is -2.93. The minimum Gasteiger partial charge on any atom is -0.350 e. The molecule has 2 heterocycles. The molecule has 4 rings (SSSR count). The maximum atomic E-state index is 13.8. The molecule has 0 aliphatic heterocycles. The van der Waals surface area contributed by atoms with Crippen molar-refractivity contribution < 1.29 is 9.18 Å². The second-order valence-electron chi connectivity index (χ2n) is 6.19. The van der Waals surface area contributed by atoms with Crippen LogP contribution in [0.5, 0.6) is 0 Å². The van der Waals surface area contributed by atoms with Crippen LogP contribution >= 0.6 is 15.9 Å². The van der Waals surface area contributed by atoms with E-state index in [1.54, 1.807) is 28.8 Å². The first-order valence-corrected chi connectivity index (χ1v) is 9.12. The van der Waals surface area contributed by atoms with Crippen molar-refractivity contribution in [3.63, 3.8) is 0 Å². The Bertz CT molecular complexity index is 1230. The van der Waals surface area contributed by atoms with Gasteiger partial charge in [0, 0.05) is 17.2 Å². The SMILES string of the molecule is O=C(Cn1c(=O)c2cccn2c2ccc(F)cc21)NCc1cccc(Br)c1. The quantitative estimate of drug-likeness (QED) is 0.541. The van der Waals surface area contributed by atoms with Crippen molar-refractivity contribution >= 4 is 38.4 Å². The van der Waals surface area contributed by atoms with Crippen LogP contribution in [0.25, 0.3) is 16.6 Å². The number of carbonyl (C=O) groups is 1. The molecule has 0 bridgehead atoms. The van der Waals surface area contributed by atoms with Crippen molar-refractivity contribution in [3.8, 4) is 0 Å². The number of amides is 1. The summed E-state index contributed by atoms with van der Waals surface area (Å²) in [5.41, 5.74) is 2.07. The first kappa shape index (κ1) is 17.5. The molecule has 2 aromatic heterocycles. The fourth-order valence-corrected chi connectivity index (χ4v) is 3.58. The summed E-state index contributed by atoms with van der Waals surface area (Å²) in [5, 5.41) is 2.80. The van der Waals surface area contributed by atoms with E-state index >= 15 is 0 Å². The molecule has 0 saturated heterocycles. The van der Waals surface area contributed by atoms with Crippen LogP contribution in [0.4, 0.5) is 4.39 Å². The van der Waals surface area contributed by atoms with Gasteiger partial charge in [-0.15, -0.1) is 0 Å². The normalized spacial score (nSPS) is 11.2. The van der Waals surface area contributed by atoms with Gasteiger partial charge in [0.25, 0.3) is 5.56 Å². The molecule has 0 unspecified atom stereocenters. The third-order valence-corrected chi connectivity index (χ3v) is 4.87. The Balaban J connectivity index is 1.68.